The van der Waals surface area contributed by atoms with Gasteiger partial charge in [0, 0.05) is 5.69 Å². The zero-order valence-corrected chi connectivity index (χ0v) is 12.4. The molecule has 0 saturated carbocycles. The lowest BCUT2D eigenvalue weighted by atomic mass is 10.2. The number of anilines is 1. The number of halogens is 2. The molecule has 0 aliphatic rings. The van der Waals surface area contributed by atoms with Crippen molar-refractivity contribution in [3.63, 3.8) is 0 Å². The molecule has 0 aliphatic carbocycles. The van der Waals surface area contributed by atoms with Crippen molar-refractivity contribution in [3.05, 3.63) is 45.1 Å². The van der Waals surface area contributed by atoms with Gasteiger partial charge < -0.3 is 10.1 Å². The summed E-state index contributed by atoms with van der Waals surface area (Å²) in [4.78, 5) is 15.9. The monoisotopic (exact) mass is 314 g/mol. The second-order valence-electron chi connectivity index (χ2n) is 4.12. The molecule has 2 rings (SSSR count). The van der Waals surface area contributed by atoms with Crippen molar-refractivity contribution >= 4 is 34.6 Å². The van der Waals surface area contributed by atoms with Gasteiger partial charge >= 0.3 is 5.97 Å². The number of hydrogen-bond acceptors (Lipinski definition) is 5. The van der Waals surface area contributed by atoms with Crippen LogP contribution in [0.5, 0.6) is 0 Å². The summed E-state index contributed by atoms with van der Waals surface area (Å²) in [6, 6.07) is 3.61. The molecule has 1 heterocycles. The molecule has 1 aromatic heterocycles. The Morgan fingerprint density at radius 3 is 2.80 bits per heavy atom. The van der Waals surface area contributed by atoms with Gasteiger partial charge in [-0.2, -0.15) is 0 Å². The van der Waals surface area contributed by atoms with Crippen LogP contribution in [0.2, 0.25) is 4.34 Å². The Bertz CT molecular complexity index is 612. The highest BCUT2D eigenvalue weighted by molar-refractivity contribution is 7.16. The normalized spacial score (nSPS) is 12.0. The molecule has 1 unspecified atom stereocenters. The second-order valence-corrected chi connectivity index (χ2v) is 5.81. The number of benzene rings is 1. The molecule has 20 heavy (non-hydrogen) atoms. The SMILES string of the molecule is COC(=O)C(Nc1cc(C)cc(F)c1)c1ncc(Cl)s1. The number of thiazole rings is 1. The Labute approximate surface area is 124 Å². The number of aromatic nitrogens is 1. The summed E-state index contributed by atoms with van der Waals surface area (Å²) < 4.78 is 18.6. The summed E-state index contributed by atoms with van der Waals surface area (Å²) >= 11 is 6.99. The predicted molar refractivity (Wildman–Crippen MR) is 76.6 cm³/mol. The molecule has 0 bridgehead atoms. The van der Waals surface area contributed by atoms with E-state index in [1.807, 2.05) is 0 Å². The number of methoxy groups -OCH3 is 1. The number of nitrogens with one attached hydrogen (secondary N) is 1. The van der Waals surface area contributed by atoms with E-state index in [9.17, 15) is 9.18 Å². The summed E-state index contributed by atoms with van der Waals surface area (Å²) in [5, 5.41) is 3.38. The van der Waals surface area contributed by atoms with Crippen LogP contribution < -0.4 is 5.32 Å². The van der Waals surface area contributed by atoms with Crippen LogP contribution >= 0.6 is 22.9 Å². The molecule has 0 fully saturated rings. The van der Waals surface area contributed by atoms with E-state index in [1.54, 1.807) is 13.0 Å². The molecule has 2 aromatic rings. The molecule has 0 spiro atoms. The number of carbonyl (C=O) groups is 1. The van der Waals surface area contributed by atoms with E-state index in [-0.39, 0.29) is 5.82 Å². The fourth-order valence-electron chi connectivity index (χ4n) is 1.73. The minimum Gasteiger partial charge on any atom is -0.467 e. The number of hydrogen-bond donors (Lipinski definition) is 1. The molecule has 1 aromatic carbocycles. The molecule has 1 N–H and O–H groups in total. The van der Waals surface area contributed by atoms with Gasteiger partial charge in [-0.05, 0) is 30.7 Å². The average Bonchev–Trinajstić information content (AvgIpc) is 2.80. The first-order valence-electron chi connectivity index (χ1n) is 5.72. The molecule has 1 atom stereocenters. The molecular weight excluding hydrogens is 303 g/mol. The van der Waals surface area contributed by atoms with Gasteiger partial charge in [0.05, 0.1) is 13.3 Å². The van der Waals surface area contributed by atoms with Gasteiger partial charge in [0.15, 0.2) is 6.04 Å². The Kier molecular flexibility index (Phi) is 4.57. The van der Waals surface area contributed by atoms with Gasteiger partial charge in [0.25, 0.3) is 0 Å². The lowest BCUT2D eigenvalue weighted by Crippen LogP contribution is -2.22. The van der Waals surface area contributed by atoms with Gasteiger partial charge in [0.1, 0.15) is 15.2 Å². The van der Waals surface area contributed by atoms with Crippen molar-refractivity contribution in [1.82, 2.24) is 4.98 Å². The minimum atomic E-state index is -0.821. The third kappa shape index (κ3) is 3.46. The van der Waals surface area contributed by atoms with Crippen molar-refractivity contribution in [2.45, 2.75) is 13.0 Å². The minimum absolute atomic E-state index is 0.381. The maximum absolute atomic E-state index is 13.4. The van der Waals surface area contributed by atoms with Crippen molar-refractivity contribution < 1.29 is 13.9 Å². The Hall–Kier alpha value is -1.66. The Morgan fingerprint density at radius 1 is 1.50 bits per heavy atom. The Morgan fingerprint density at radius 2 is 2.25 bits per heavy atom. The number of esters is 1. The van der Waals surface area contributed by atoms with Crippen LogP contribution in [0.3, 0.4) is 0 Å². The molecule has 0 amide bonds. The van der Waals surface area contributed by atoms with Crippen LogP contribution in [0.1, 0.15) is 16.6 Å². The van der Waals surface area contributed by atoms with E-state index in [0.717, 1.165) is 16.9 Å². The van der Waals surface area contributed by atoms with Crippen LogP contribution in [-0.4, -0.2) is 18.1 Å². The van der Waals surface area contributed by atoms with E-state index in [4.69, 9.17) is 16.3 Å². The smallest absolute Gasteiger partial charge is 0.335 e. The van der Waals surface area contributed by atoms with E-state index < -0.39 is 12.0 Å². The Balaban J connectivity index is 2.30. The summed E-state index contributed by atoms with van der Waals surface area (Å²) in [7, 11) is 1.28. The standard InChI is InChI=1S/C13H12ClFN2O2S/c1-7-3-8(15)5-9(4-7)17-11(13(18)19-2)12-16-6-10(14)20-12/h3-6,11,17H,1-2H3. The maximum atomic E-state index is 13.4. The number of carbonyl (C=O) groups excluding carboxylic acids is 1. The number of ether oxygens (including phenoxy) is 1. The largest absolute Gasteiger partial charge is 0.467 e. The summed E-state index contributed by atoms with van der Waals surface area (Å²) in [5.41, 5.74) is 1.22. The molecule has 0 radical (unpaired) electrons. The fraction of sp³-hybridized carbons (Fsp3) is 0.231. The first kappa shape index (κ1) is 14.7. The summed E-state index contributed by atoms with van der Waals surface area (Å²) in [6.07, 6.45) is 1.45. The van der Waals surface area contributed by atoms with Crippen LogP contribution in [0.4, 0.5) is 10.1 Å². The van der Waals surface area contributed by atoms with Crippen LogP contribution in [-0.2, 0) is 9.53 Å². The van der Waals surface area contributed by atoms with Crippen molar-refractivity contribution in [2.24, 2.45) is 0 Å². The zero-order valence-electron chi connectivity index (χ0n) is 10.8. The maximum Gasteiger partial charge on any atom is 0.335 e. The average molecular weight is 315 g/mol. The summed E-state index contributed by atoms with van der Waals surface area (Å²) in [6.45, 7) is 1.77. The quantitative estimate of drug-likeness (QED) is 0.877. The van der Waals surface area contributed by atoms with E-state index in [1.165, 1.54) is 25.4 Å². The van der Waals surface area contributed by atoms with Gasteiger partial charge in [0.2, 0.25) is 0 Å². The number of aryl methyl sites for hydroxylation is 1. The van der Waals surface area contributed by atoms with Gasteiger partial charge in [-0.1, -0.05) is 11.6 Å². The first-order valence-corrected chi connectivity index (χ1v) is 6.92. The molecule has 7 heteroatoms. The van der Waals surface area contributed by atoms with Crippen molar-refractivity contribution in [2.75, 3.05) is 12.4 Å². The van der Waals surface area contributed by atoms with Gasteiger partial charge in [-0.25, -0.2) is 14.2 Å². The van der Waals surface area contributed by atoms with E-state index in [0.29, 0.717) is 15.0 Å². The van der Waals surface area contributed by atoms with Crippen molar-refractivity contribution in [1.29, 1.82) is 0 Å². The molecule has 0 saturated heterocycles. The first-order chi connectivity index (χ1) is 9.49. The number of rotatable bonds is 4. The fourth-order valence-corrected chi connectivity index (χ4v) is 2.70. The topological polar surface area (TPSA) is 51.2 Å². The second kappa shape index (κ2) is 6.19. The lowest BCUT2D eigenvalue weighted by molar-refractivity contribution is -0.141. The lowest BCUT2D eigenvalue weighted by Gasteiger charge is -2.15. The van der Waals surface area contributed by atoms with Gasteiger partial charge in [-0.15, -0.1) is 11.3 Å². The highest BCUT2D eigenvalue weighted by Gasteiger charge is 2.24. The zero-order chi connectivity index (χ0) is 14.7. The van der Waals surface area contributed by atoms with Crippen molar-refractivity contribution in [3.8, 4) is 0 Å². The van der Waals surface area contributed by atoms with Crippen LogP contribution in [0.15, 0.2) is 24.4 Å². The highest BCUT2D eigenvalue weighted by atomic mass is 35.5. The van der Waals surface area contributed by atoms with Crippen LogP contribution in [0.25, 0.3) is 0 Å². The van der Waals surface area contributed by atoms with Crippen LogP contribution in [0, 0.1) is 12.7 Å². The third-order valence-corrected chi connectivity index (χ3v) is 3.71. The molecule has 4 nitrogen and oxygen atoms in total. The predicted octanol–water partition coefficient (Wildman–Crippen LogP) is 3.57. The molecule has 106 valence electrons. The molecule has 0 aliphatic heterocycles. The highest BCUT2D eigenvalue weighted by Crippen LogP contribution is 2.28. The number of nitrogens with zero attached hydrogens (tertiary/aromatic N) is 1. The van der Waals surface area contributed by atoms with E-state index in [2.05, 4.69) is 10.3 Å². The van der Waals surface area contributed by atoms with E-state index >= 15 is 0 Å². The molecular formula is C13H12ClFN2O2S. The van der Waals surface area contributed by atoms with Gasteiger partial charge in [-0.3, -0.25) is 0 Å². The summed E-state index contributed by atoms with van der Waals surface area (Å²) in [5.74, 6) is -0.897. The third-order valence-electron chi connectivity index (χ3n) is 2.53.